The van der Waals surface area contributed by atoms with Crippen molar-refractivity contribution in [2.45, 2.75) is 46.1 Å². The highest BCUT2D eigenvalue weighted by Crippen LogP contribution is 2.02. The molecule has 1 N–H and O–H groups in total. The highest BCUT2D eigenvalue weighted by molar-refractivity contribution is 4.60. The first-order valence-electron chi connectivity index (χ1n) is 5.07. The van der Waals surface area contributed by atoms with E-state index in [9.17, 15) is 0 Å². The summed E-state index contributed by atoms with van der Waals surface area (Å²) in [7, 11) is 0. The van der Waals surface area contributed by atoms with Crippen LogP contribution in [-0.2, 0) is 0 Å². The van der Waals surface area contributed by atoms with Crippen molar-refractivity contribution in [3.63, 3.8) is 0 Å². The number of aliphatic hydroxyl groups excluding tert-OH is 1. The van der Waals surface area contributed by atoms with Crippen molar-refractivity contribution in [1.29, 1.82) is 0 Å². The fourth-order valence-electron chi connectivity index (χ4n) is 1.38. The Morgan fingerprint density at radius 2 is 1.83 bits per heavy atom. The van der Waals surface area contributed by atoms with Crippen molar-refractivity contribution < 1.29 is 5.11 Å². The summed E-state index contributed by atoms with van der Waals surface area (Å²) in [4.78, 5) is 2.46. The van der Waals surface area contributed by atoms with E-state index in [-0.39, 0.29) is 0 Å². The fraction of sp³-hybridized carbons (Fsp3) is 1.00. The minimum Gasteiger partial charge on any atom is -0.396 e. The number of hydrogen-bond donors (Lipinski definition) is 1. The molecule has 0 aromatic heterocycles. The number of aliphatic hydroxyl groups is 1. The van der Waals surface area contributed by atoms with Gasteiger partial charge in [-0.2, -0.15) is 0 Å². The van der Waals surface area contributed by atoms with Gasteiger partial charge in [-0.05, 0) is 46.2 Å². The van der Waals surface area contributed by atoms with Gasteiger partial charge >= 0.3 is 0 Å². The minimum absolute atomic E-state index is 0.341. The van der Waals surface area contributed by atoms with Crippen molar-refractivity contribution in [2.24, 2.45) is 0 Å². The maximum absolute atomic E-state index is 8.58. The molecule has 74 valence electrons. The Morgan fingerprint density at radius 1 is 1.17 bits per heavy atom. The van der Waals surface area contributed by atoms with E-state index in [1.165, 1.54) is 13.0 Å². The largest absolute Gasteiger partial charge is 0.396 e. The van der Waals surface area contributed by atoms with Crippen LogP contribution < -0.4 is 0 Å². The summed E-state index contributed by atoms with van der Waals surface area (Å²) in [5.41, 5.74) is 0. The first-order valence-corrected chi connectivity index (χ1v) is 5.07. The van der Waals surface area contributed by atoms with Gasteiger partial charge < -0.3 is 10.0 Å². The lowest BCUT2D eigenvalue weighted by Gasteiger charge is -2.24. The molecule has 2 heteroatoms. The van der Waals surface area contributed by atoms with Crippen molar-refractivity contribution >= 4 is 0 Å². The topological polar surface area (TPSA) is 23.5 Å². The monoisotopic (exact) mass is 173 g/mol. The Labute approximate surface area is 76.6 Å². The summed E-state index contributed by atoms with van der Waals surface area (Å²) >= 11 is 0. The van der Waals surface area contributed by atoms with Crippen molar-refractivity contribution in [3.05, 3.63) is 0 Å². The molecule has 0 fully saturated rings. The third-order valence-electron chi connectivity index (χ3n) is 2.24. The first-order chi connectivity index (χ1) is 5.72. The third-order valence-corrected chi connectivity index (χ3v) is 2.24. The summed E-state index contributed by atoms with van der Waals surface area (Å²) in [6.45, 7) is 9.32. The zero-order valence-corrected chi connectivity index (χ0v) is 8.71. The lowest BCUT2D eigenvalue weighted by molar-refractivity contribution is 0.222. The highest BCUT2D eigenvalue weighted by atomic mass is 16.2. The van der Waals surface area contributed by atoms with Crippen LogP contribution in [0.25, 0.3) is 0 Å². The summed E-state index contributed by atoms with van der Waals surface area (Å²) in [6.07, 6.45) is 3.32. The molecule has 2 nitrogen and oxygen atoms in total. The summed E-state index contributed by atoms with van der Waals surface area (Å²) in [5, 5.41) is 8.58. The molecule has 0 saturated heterocycles. The first kappa shape index (κ1) is 11.9. The van der Waals surface area contributed by atoms with Gasteiger partial charge in [-0.15, -0.1) is 0 Å². The van der Waals surface area contributed by atoms with Crippen LogP contribution in [0.2, 0.25) is 0 Å². The highest BCUT2D eigenvalue weighted by Gasteiger charge is 2.04. The number of rotatable bonds is 7. The number of unbranched alkanes of at least 4 members (excludes halogenated alkanes) is 2. The normalized spacial score (nSPS) is 11.5. The van der Waals surface area contributed by atoms with Crippen LogP contribution in [0.1, 0.15) is 40.0 Å². The van der Waals surface area contributed by atoms with Gasteiger partial charge in [-0.3, -0.25) is 0 Å². The second-order valence-corrected chi connectivity index (χ2v) is 3.51. The van der Waals surface area contributed by atoms with Gasteiger partial charge in [0.2, 0.25) is 0 Å². The van der Waals surface area contributed by atoms with E-state index in [4.69, 9.17) is 5.11 Å². The molecule has 0 spiro atoms. The molecule has 0 heterocycles. The molecule has 0 aromatic carbocycles. The van der Waals surface area contributed by atoms with Gasteiger partial charge in [0, 0.05) is 12.6 Å². The Bertz CT molecular complexity index is 93.8. The minimum atomic E-state index is 0.341. The average molecular weight is 173 g/mol. The van der Waals surface area contributed by atoms with E-state index in [0.29, 0.717) is 12.6 Å². The standard InChI is InChI=1S/C10H23NO/c1-4-11(10(2)3)8-6-5-7-9-12/h10,12H,4-9H2,1-3H3. The van der Waals surface area contributed by atoms with Crippen molar-refractivity contribution in [1.82, 2.24) is 4.90 Å². The molecule has 0 aromatic rings. The molecule has 0 unspecified atom stereocenters. The smallest absolute Gasteiger partial charge is 0.0431 e. The van der Waals surface area contributed by atoms with Crippen LogP contribution in [0.15, 0.2) is 0 Å². The van der Waals surface area contributed by atoms with Crippen molar-refractivity contribution in [3.8, 4) is 0 Å². The molecule has 12 heavy (non-hydrogen) atoms. The Hall–Kier alpha value is -0.0800. The second-order valence-electron chi connectivity index (χ2n) is 3.51. The van der Waals surface area contributed by atoms with Crippen LogP contribution >= 0.6 is 0 Å². The molecule has 0 radical (unpaired) electrons. The molecule has 0 aliphatic heterocycles. The van der Waals surface area contributed by atoms with E-state index in [1.54, 1.807) is 0 Å². The molecule has 0 aliphatic carbocycles. The molecule has 0 aliphatic rings. The molecule has 0 amide bonds. The van der Waals surface area contributed by atoms with E-state index in [0.717, 1.165) is 19.4 Å². The van der Waals surface area contributed by atoms with E-state index < -0.39 is 0 Å². The zero-order chi connectivity index (χ0) is 9.40. The fourth-order valence-corrected chi connectivity index (χ4v) is 1.38. The number of hydrogen-bond acceptors (Lipinski definition) is 2. The average Bonchev–Trinajstić information content (AvgIpc) is 2.04. The predicted molar refractivity (Wildman–Crippen MR) is 53.3 cm³/mol. The molecular weight excluding hydrogens is 150 g/mol. The summed E-state index contributed by atoms with van der Waals surface area (Å²) in [6, 6.07) is 0.657. The summed E-state index contributed by atoms with van der Waals surface area (Å²) < 4.78 is 0. The van der Waals surface area contributed by atoms with Gasteiger partial charge in [0.1, 0.15) is 0 Å². The van der Waals surface area contributed by atoms with Crippen LogP contribution in [0, 0.1) is 0 Å². The van der Waals surface area contributed by atoms with E-state index in [1.807, 2.05) is 0 Å². The lowest BCUT2D eigenvalue weighted by Crippen LogP contribution is -2.31. The van der Waals surface area contributed by atoms with Crippen LogP contribution in [0.4, 0.5) is 0 Å². The molecule has 0 atom stereocenters. The van der Waals surface area contributed by atoms with Gasteiger partial charge in [0.15, 0.2) is 0 Å². The third kappa shape index (κ3) is 5.56. The predicted octanol–water partition coefficient (Wildman–Crippen LogP) is 1.88. The van der Waals surface area contributed by atoms with Crippen LogP contribution in [-0.4, -0.2) is 35.7 Å². The van der Waals surface area contributed by atoms with Gasteiger partial charge in [0.05, 0.1) is 0 Å². The molecule has 0 saturated carbocycles. The Balaban J connectivity index is 3.32. The van der Waals surface area contributed by atoms with Gasteiger partial charge in [-0.1, -0.05) is 6.92 Å². The maximum Gasteiger partial charge on any atom is 0.0431 e. The Kier molecular flexibility index (Phi) is 7.51. The molecular formula is C10H23NO. The summed E-state index contributed by atoms with van der Waals surface area (Å²) in [5.74, 6) is 0. The van der Waals surface area contributed by atoms with Gasteiger partial charge in [0.25, 0.3) is 0 Å². The SMILES string of the molecule is CCN(CCCCCO)C(C)C. The molecule has 0 bridgehead atoms. The van der Waals surface area contributed by atoms with E-state index >= 15 is 0 Å². The van der Waals surface area contributed by atoms with Gasteiger partial charge in [-0.25, -0.2) is 0 Å². The van der Waals surface area contributed by atoms with Crippen LogP contribution in [0.5, 0.6) is 0 Å². The zero-order valence-electron chi connectivity index (χ0n) is 8.71. The van der Waals surface area contributed by atoms with Crippen molar-refractivity contribution in [2.75, 3.05) is 19.7 Å². The number of nitrogens with zero attached hydrogens (tertiary/aromatic N) is 1. The maximum atomic E-state index is 8.58. The lowest BCUT2D eigenvalue weighted by atomic mass is 10.2. The Morgan fingerprint density at radius 3 is 2.25 bits per heavy atom. The quantitative estimate of drug-likeness (QED) is 0.594. The second kappa shape index (κ2) is 7.56. The van der Waals surface area contributed by atoms with Crippen LogP contribution in [0.3, 0.4) is 0 Å². The van der Waals surface area contributed by atoms with E-state index in [2.05, 4.69) is 25.7 Å². The molecule has 0 rings (SSSR count).